The van der Waals surface area contributed by atoms with E-state index in [1.165, 1.54) is 37.9 Å². The number of fused-ring (bicyclic) bond motifs is 1. The molecule has 2 fully saturated rings. The Morgan fingerprint density at radius 1 is 1.21 bits per heavy atom. The Morgan fingerprint density at radius 3 is 2.42 bits per heavy atom. The van der Waals surface area contributed by atoms with Crippen LogP contribution in [0.15, 0.2) is 30.3 Å². The normalized spacial score (nSPS) is 28.2. The molecule has 1 saturated heterocycles. The van der Waals surface area contributed by atoms with Gasteiger partial charge in [-0.1, -0.05) is 36.8 Å². The summed E-state index contributed by atoms with van der Waals surface area (Å²) in [6.07, 6.45) is 4.21. The van der Waals surface area contributed by atoms with Gasteiger partial charge >= 0.3 is 0 Å². The van der Waals surface area contributed by atoms with E-state index in [0.717, 1.165) is 18.4 Å². The number of likely N-dealkylation sites (tertiary alicyclic amines) is 1. The number of nitrogens with zero attached hydrogens (tertiary/aromatic N) is 1. The van der Waals surface area contributed by atoms with Gasteiger partial charge in [-0.3, -0.25) is 5.41 Å². The van der Waals surface area contributed by atoms with E-state index in [2.05, 4.69) is 17.0 Å². The van der Waals surface area contributed by atoms with E-state index in [1.807, 2.05) is 18.2 Å². The van der Waals surface area contributed by atoms with Crippen LogP contribution in [0.3, 0.4) is 0 Å². The average molecular weight is 257 g/mol. The van der Waals surface area contributed by atoms with E-state index in [-0.39, 0.29) is 5.92 Å². The lowest BCUT2D eigenvalue weighted by atomic mass is 9.97. The lowest BCUT2D eigenvalue weighted by molar-refractivity contribution is 0.307. The smallest absolute Gasteiger partial charge is 0.0995 e. The van der Waals surface area contributed by atoms with Gasteiger partial charge < -0.3 is 10.6 Å². The number of nitrogens with two attached hydrogens (primary N) is 1. The first-order valence-electron chi connectivity index (χ1n) is 7.35. The highest BCUT2D eigenvalue weighted by atomic mass is 15.2. The quantitative estimate of drug-likeness (QED) is 0.643. The van der Waals surface area contributed by atoms with Crippen LogP contribution in [0.1, 0.15) is 30.7 Å². The molecule has 0 bridgehead atoms. The number of hydrogen-bond donors (Lipinski definition) is 2. The van der Waals surface area contributed by atoms with Gasteiger partial charge in [0.05, 0.1) is 11.8 Å². The van der Waals surface area contributed by atoms with Gasteiger partial charge in [-0.2, -0.15) is 0 Å². The molecule has 0 aromatic heterocycles. The van der Waals surface area contributed by atoms with Crippen molar-refractivity contribution in [1.82, 2.24) is 4.90 Å². The zero-order valence-electron chi connectivity index (χ0n) is 11.4. The third kappa shape index (κ3) is 2.66. The summed E-state index contributed by atoms with van der Waals surface area (Å²) in [7, 11) is 0. The largest absolute Gasteiger partial charge is 0.387 e. The van der Waals surface area contributed by atoms with Gasteiger partial charge in [0.1, 0.15) is 0 Å². The fourth-order valence-corrected chi connectivity index (χ4v) is 3.81. The zero-order chi connectivity index (χ0) is 13.2. The van der Waals surface area contributed by atoms with Crippen molar-refractivity contribution in [3.05, 3.63) is 35.9 Å². The minimum absolute atomic E-state index is 0.0556. The second-order valence-electron chi connectivity index (χ2n) is 6.09. The van der Waals surface area contributed by atoms with Crippen molar-refractivity contribution < 1.29 is 0 Å². The van der Waals surface area contributed by atoms with Crippen molar-refractivity contribution >= 4 is 5.84 Å². The molecule has 1 aromatic carbocycles. The second kappa shape index (κ2) is 5.33. The molecule has 1 saturated carbocycles. The third-order valence-electron chi connectivity index (χ3n) is 4.82. The van der Waals surface area contributed by atoms with Gasteiger partial charge in [0.15, 0.2) is 0 Å². The molecule has 3 rings (SSSR count). The summed E-state index contributed by atoms with van der Waals surface area (Å²) in [6.45, 7) is 3.33. The van der Waals surface area contributed by atoms with Crippen LogP contribution in [0, 0.1) is 17.2 Å². The molecule has 1 aliphatic heterocycles. The van der Waals surface area contributed by atoms with Crippen LogP contribution in [0.2, 0.25) is 0 Å². The molecule has 1 aliphatic carbocycles. The highest BCUT2D eigenvalue weighted by Crippen LogP contribution is 2.38. The van der Waals surface area contributed by atoms with Gasteiger partial charge in [-0.05, 0) is 30.2 Å². The van der Waals surface area contributed by atoms with Crippen molar-refractivity contribution in [1.29, 1.82) is 5.41 Å². The maximum atomic E-state index is 7.86. The van der Waals surface area contributed by atoms with Crippen LogP contribution >= 0.6 is 0 Å². The summed E-state index contributed by atoms with van der Waals surface area (Å²) in [5, 5.41) is 7.86. The van der Waals surface area contributed by atoms with Crippen molar-refractivity contribution in [3.63, 3.8) is 0 Å². The van der Waals surface area contributed by atoms with Crippen LogP contribution in [-0.4, -0.2) is 30.4 Å². The molecule has 2 aliphatic rings. The number of hydrogen-bond acceptors (Lipinski definition) is 2. The zero-order valence-corrected chi connectivity index (χ0v) is 11.4. The van der Waals surface area contributed by atoms with E-state index >= 15 is 0 Å². The summed E-state index contributed by atoms with van der Waals surface area (Å²) in [5.74, 6) is 2.16. The highest BCUT2D eigenvalue weighted by molar-refractivity contribution is 5.84. The van der Waals surface area contributed by atoms with Crippen molar-refractivity contribution in [2.45, 2.75) is 25.2 Å². The molecule has 3 atom stereocenters. The molecule has 1 aromatic rings. The van der Waals surface area contributed by atoms with Crippen LogP contribution in [0.25, 0.3) is 0 Å². The Labute approximate surface area is 115 Å². The Kier molecular flexibility index (Phi) is 3.56. The number of rotatable bonds is 4. The topological polar surface area (TPSA) is 53.1 Å². The van der Waals surface area contributed by atoms with E-state index in [0.29, 0.717) is 5.84 Å². The second-order valence-corrected chi connectivity index (χ2v) is 6.09. The fraction of sp³-hybridized carbons (Fsp3) is 0.562. The molecule has 3 unspecified atom stereocenters. The van der Waals surface area contributed by atoms with Crippen LogP contribution < -0.4 is 5.73 Å². The van der Waals surface area contributed by atoms with Crippen molar-refractivity contribution in [2.75, 3.05) is 19.6 Å². The lowest BCUT2D eigenvalue weighted by Crippen LogP contribution is -2.33. The predicted molar refractivity (Wildman–Crippen MR) is 78.4 cm³/mol. The number of amidine groups is 1. The minimum atomic E-state index is 0.0556. The molecule has 0 radical (unpaired) electrons. The molecular formula is C16H23N3. The summed E-state index contributed by atoms with van der Waals surface area (Å²) in [6, 6.07) is 10.3. The number of nitrogens with one attached hydrogen (secondary N) is 1. The lowest BCUT2D eigenvalue weighted by Gasteiger charge is -2.24. The van der Waals surface area contributed by atoms with Gasteiger partial charge in [-0.25, -0.2) is 0 Å². The van der Waals surface area contributed by atoms with Crippen molar-refractivity contribution in [2.24, 2.45) is 17.6 Å². The summed E-state index contributed by atoms with van der Waals surface area (Å²) in [5.41, 5.74) is 6.99. The van der Waals surface area contributed by atoms with E-state index in [4.69, 9.17) is 11.1 Å². The molecule has 102 valence electrons. The molecule has 19 heavy (non-hydrogen) atoms. The van der Waals surface area contributed by atoms with Gasteiger partial charge in [0, 0.05) is 19.6 Å². The molecule has 1 heterocycles. The monoisotopic (exact) mass is 257 g/mol. The molecule has 3 heteroatoms. The molecule has 0 spiro atoms. The minimum Gasteiger partial charge on any atom is -0.387 e. The van der Waals surface area contributed by atoms with E-state index < -0.39 is 0 Å². The van der Waals surface area contributed by atoms with E-state index in [9.17, 15) is 0 Å². The van der Waals surface area contributed by atoms with Gasteiger partial charge in [0.2, 0.25) is 0 Å². The van der Waals surface area contributed by atoms with Crippen LogP contribution in [0.5, 0.6) is 0 Å². The third-order valence-corrected chi connectivity index (χ3v) is 4.82. The highest BCUT2D eigenvalue weighted by Gasteiger charge is 2.36. The first-order valence-corrected chi connectivity index (χ1v) is 7.35. The Hall–Kier alpha value is -1.35. The molecule has 3 N–H and O–H groups in total. The van der Waals surface area contributed by atoms with E-state index in [1.54, 1.807) is 0 Å². The predicted octanol–water partition coefficient (Wildman–Crippen LogP) is 2.44. The Morgan fingerprint density at radius 2 is 1.84 bits per heavy atom. The van der Waals surface area contributed by atoms with Gasteiger partial charge in [-0.15, -0.1) is 0 Å². The number of benzene rings is 1. The summed E-state index contributed by atoms with van der Waals surface area (Å²) in [4.78, 5) is 2.52. The average Bonchev–Trinajstić information content (AvgIpc) is 2.97. The SMILES string of the molecule is N=C(N)C(CN1CC2CCCC2C1)c1ccccc1. The molecule has 3 nitrogen and oxygen atoms in total. The Balaban J connectivity index is 1.68. The molecule has 0 amide bonds. The van der Waals surface area contributed by atoms with Crippen LogP contribution in [-0.2, 0) is 0 Å². The summed E-state index contributed by atoms with van der Waals surface area (Å²) < 4.78 is 0. The van der Waals surface area contributed by atoms with Crippen LogP contribution in [0.4, 0.5) is 0 Å². The molecular weight excluding hydrogens is 234 g/mol. The van der Waals surface area contributed by atoms with Crippen molar-refractivity contribution in [3.8, 4) is 0 Å². The Bertz CT molecular complexity index is 431. The fourth-order valence-electron chi connectivity index (χ4n) is 3.81. The first-order chi connectivity index (χ1) is 9.24. The maximum Gasteiger partial charge on any atom is 0.0995 e. The maximum absolute atomic E-state index is 7.86. The van der Waals surface area contributed by atoms with Gasteiger partial charge in [0.25, 0.3) is 0 Å². The summed E-state index contributed by atoms with van der Waals surface area (Å²) >= 11 is 0. The first kappa shape index (κ1) is 12.7. The standard InChI is InChI=1S/C16H23N3/c17-16(18)15(12-5-2-1-3-6-12)11-19-9-13-7-4-8-14(13)10-19/h1-3,5-6,13-15H,4,7-11H2,(H3,17,18).